The Kier molecular flexibility index (Phi) is 6.98. The summed E-state index contributed by atoms with van der Waals surface area (Å²) in [5, 5.41) is 0. The summed E-state index contributed by atoms with van der Waals surface area (Å²) in [5.41, 5.74) is 9.76. The highest BCUT2D eigenvalue weighted by molar-refractivity contribution is 7.51. The summed E-state index contributed by atoms with van der Waals surface area (Å²) < 4.78 is 17.3. The largest absolute Gasteiger partial charge is 0.443 e. The van der Waals surface area contributed by atoms with Crippen LogP contribution in [0.5, 0.6) is 0 Å². The maximum Gasteiger partial charge on any atom is 0.327 e. The van der Waals surface area contributed by atoms with Crippen molar-refractivity contribution < 1.29 is 23.6 Å². The van der Waals surface area contributed by atoms with Crippen LogP contribution < -0.4 is 10.6 Å². The number of nitrogens with zero attached hydrogens (tertiary/aromatic N) is 2. The molecule has 0 bridgehead atoms. The molecule has 3 aromatic rings. The number of fused-ring (bicyclic) bond motifs is 2. The average Bonchev–Trinajstić information content (AvgIpc) is 3.49. The molecule has 5 rings (SSSR count). The molecule has 1 aromatic heterocycles. The molecule has 0 saturated carbocycles. The summed E-state index contributed by atoms with van der Waals surface area (Å²) in [5.74, 6) is 6.57. The number of carbonyl (C=O) groups excluding carboxylic acids is 1. The summed E-state index contributed by atoms with van der Waals surface area (Å²) in [6.07, 6.45) is 1.29. The molecule has 2 aliphatic heterocycles. The number of likely N-dealkylation sites (tertiary alicyclic amines) is 1. The van der Waals surface area contributed by atoms with Crippen LogP contribution in [0.1, 0.15) is 45.8 Å². The van der Waals surface area contributed by atoms with Crippen LogP contribution in [0.25, 0.3) is 0 Å². The Bertz CT molecular complexity index is 1390. The van der Waals surface area contributed by atoms with Gasteiger partial charge in [0.2, 0.25) is 0 Å². The zero-order chi connectivity index (χ0) is 26.0. The summed E-state index contributed by atoms with van der Waals surface area (Å²) in [6.45, 7) is 2.48. The highest BCUT2D eigenvalue weighted by atomic mass is 31.2. The van der Waals surface area contributed by atoms with Gasteiger partial charge in [0, 0.05) is 49.4 Å². The van der Waals surface area contributed by atoms with E-state index in [2.05, 4.69) is 22.8 Å². The molecule has 0 radical (unpaired) electrons. The lowest BCUT2D eigenvalue weighted by Crippen LogP contribution is -2.47. The number of furan rings is 1. The first-order valence-electron chi connectivity index (χ1n) is 12.4. The first-order chi connectivity index (χ1) is 17.8. The molecule has 4 N–H and O–H groups in total. The second-order valence-electron chi connectivity index (χ2n) is 9.72. The third kappa shape index (κ3) is 5.51. The maximum absolute atomic E-state index is 13.2. The molecule has 1 amide bonds. The summed E-state index contributed by atoms with van der Waals surface area (Å²) in [4.78, 5) is 35.9. The van der Waals surface area contributed by atoms with Gasteiger partial charge in [-0.2, -0.15) is 0 Å². The van der Waals surface area contributed by atoms with E-state index in [1.165, 1.54) is 0 Å². The van der Waals surface area contributed by atoms with Crippen molar-refractivity contribution in [2.75, 3.05) is 37.2 Å². The Morgan fingerprint density at radius 2 is 1.81 bits per heavy atom. The molecule has 2 aliphatic rings. The SMILES string of the molecule is NCc1ccc2c(c1)C1(CCN(C(=O)c3ccc(C#Cc4ccccc4)o3)CC1)CN2CCP(=O)(O)O. The minimum atomic E-state index is -4.11. The molecule has 0 unspecified atom stereocenters. The van der Waals surface area contributed by atoms with E-state index < -0.39 is 7.60 Å². The van der Waals surface area contributed by atoms with Crippen molar-refractivity contribution in [1.82, 2.24) is 4.90 Å². The van der Waals surface area contributed by atoms with Crippen molar-refractivity contribution in [3.05, 3.63) is 88.9 Å². The van der Waals surface area contributed by atoms with Crippen molar-refractivity contribution in [1.29, 1.82) is 0 Å². The molecular formula is C28H30N3O5P. The fraction of sp³-hybridized carbons (Fsp3) is 0.321. The molecule has 1 saturated heterocycles. The molecule has 9 heteroatoms. The van der Waals surface area contributed by atoms with Crippen LogP contribution in [-0.4, -0.2) is 52.9 Å². The van der Waals surface area contributed by atoms with E-state index in [1.54, 1.807) is 12.1 Å². The van der Waals surface area contributed by atoms with E-state index in [4.69, 9.17) is 10.2 Å². The molecule has 0 aliphatic carbocycles. The van der Waals surface area contributed by atoms with Crippen molar-refractivity contribution in [2.24, 2.45) is 5.73 Å². The van der Waals surface area contributed by atoms with Crippen LogP contribution in [0.4, 0.5) is 5.69 Å². The third-order valence-electron chi connectivity index (χ3n) is 7.29. The van der Waals surface area contributed by atoms with Crippen molar-refractivity contribution >= 4 is 19.2 Å². The van der Waals surface area contributed by atoms with Gasteiger partial charge in [0.05, 0.1) is 6.16 Å². The van der Waals surface area contributed by atoms with E-state index in [9.17, 15) is 19.1 Å². The second kappa shape index (κ2) is 10.2. The zero-order valence-electron chi connectivity index (χ0n) is 20.5. The molecular weight excluding hydrogens is 489 g/mol. The number of benzene rings is 2. The van der Waals surface area contributed by atoms with E-state index in [-0.39, 0.29) is 29.8 Å². The number of amides is 1. The van der Waals surface area contributed by atoms with Gasteiger partial charge in [-0.15, -0.1) is 0 Å². The number of nitrogens with two attached hydrogens (primary N) is 1. The van der Waals surface area contributed by atoms with Gasteiger partial charge in [-0.1, -0.05) is 36.3 Å². The Morgan fingerprint density at radius 3 is 2.51 bits per heavy atom. The lowest BCUT2D eigenvalue weighted by atomic mass is 9.74. The van der Waals surface area contributed by atoms with Crippen LogP contribution >= 0.6 is 7.60 Å². The van der Waals surface area contributed by atoms with Crippen LogP contribution in [-0.2, 0) is 16.5 Å². The van der Waals surface area contributed by atoms with Gasteiger partial charge < -0.3 is 29.7 Å². The molecule has 2 aromatic carbocycles. The number of carbonyl (C=O) groups is 1. The molecule has 192 valence electrons. The number of piperidine rings is 1. The predicted molar refractivity (Wildman–Crippen MR) is 141 cm³/mol. The molecule has 3 heterocycles. The van der Waals surface area contributed by atoms with Gasteiger partial charge in [-0.05, 0) is 60.2 Å². The van der Waals surface area contributed by atoms with Gasteiger partial charge >= 0.3 is 7.60 Å². The van der Waals surface area contributed by atoms with Gasteiger partial charge in [-0.25, -0.2) is 0 Å². The van der Waals surface area contributed by atoms with Gasteiger partial charge in [0.25, 0.3) is 5.91 Å². The monoisotopic (exact) mass is 519 g/mol. The fourth-order valence-electron chi connectivity index (χ4n) is 5.29. The Labute approximate surface area is 216 Å². The molecule has 1 spiro atoms. The first-order valence-corrected chi connectivity index (χ1v) is 14.2. The lowest BCUT2D eigenvalue weighted by molar-refractivity contribution is 0.0641. The predicted octanol–water partition coefficient (Wildman–Crippen LogP) is 3.31. The molecule has 0 atom stereocenters. The minimum absolute atomic E-state index is 0.158. The molecule has 1 fully saturated rings. The standard InChI is InChI=1S/C28H30N3O5P/c29-19-22-7-10-25-24(18-22)28(20-31(25)16-17-37(33,34)35)12-14-30(15-13-28)27(32)26-11-9-23(36-26)8-6-21-4-2-1-3-5-21/h1-5,7,9-11,18H,12-17,19-20,29H2,(H2,33,34,35). The van der Waals surface area contributed by atoms with Gasteiger partial charge in [0.15, 0.2) is 11.5 Å². The number of hydrogen-bond donors (Lipinski definition) is 3. The summed E-state index contributed by atoms with van der Waals surface area (Å²) in [7, 11) is -4.11. The van der Waals surface area contributed by atoms with E-state index in [0.29, 0.717) is 31.9 Å². The number of hydrogen-bond acceptors (Lipinski definition) is 5. The van der Waals surface area contributed by atoms with Crippen molar-refractivity contribution in [3.63, 3.8) is 0 Å². The van der Waals surface area contributed by atoms with E-state index in [0.717, 1.165) is 35.2 Å². The minimum Gasteiger partial charge on any atom is -0.443 e. The maximum atomic E-state index is 13.2. The Hall–Kier alpha value is -3.34. The number of anilines is 1. The normalized spacial score (nSPS) is 16.4. The van der Waals surface area contributed by atoms with Gasteiger partial charge in [-0.3, -0.25) is 9.36 Å². The van der Waals surface area contributed by atoms with Crippen LogP contribution in [0, 0.1) is 11.8 Å². The zero-order valence-corrected chi connectivity index (χ0v) is 21.4. The Balaban J connectivity index is 1.29. The second-order valence-corrected chi connectivity index (χ2v) is 11.5. The van der Waals surface area contributed by atoms with E-state index in [1.807, 2.05) is 47.4 Å². The number of rotatable bonds is 5. The topological polar surface area (TPSA) is 120 Å². The quantitative estimate of drug-likeness (QED) is 0.349. The lowest BCUT2D eigenvalue weighted by Gasteiger charge is -2.40. The van der Waals surface area contributed by atoms with Crippen molar-refractivity contribution in [3.8, 4) is 11.8 Å². The molecule has 8 nitrogen and oxygen atoms in total. The molecule has 37 heavy (non-hydrogen) atoms. The smallest absolute Gasteiger partial charge is 0.327 e. The first kappa shape index (κ1) is 25.3. The average molecular weight is 520 g/mol. The highest BCUT2D eigenvalue weighted by Gasteiger charge is 2.45. The Morgan fingerprint density at radius 1 is 1.05 bits per heavy atom. The van der Waals surface area contributed by atoms with Crippen LogP contribution in [0.15, 0.2) is 65.1 Å². The van der Waals surface area contributed by atoms with Crippen molar-refractivity contribution in [2.45, 2.75) is 24.8 Å². The van der Waals surface area contributed by atoms with Crippen LogP contribution in [0.2, 0.25) is 0 Å². The highest BCUT2D eigenvalue weighted by Crippen LogP contribution is 2.48. The third-order valence-corrected chi connectivity index (χ3v) is 8.07. The summed E-state index contributed by atoms with van der Waals surface area (Å²) >= 11 is 0. The van der Waals surface area contributed by atoms with Crippen LogP contribution in [0.3, 0.4) is 0 Å². The van der Waals surface area contributed by atoms with Gasteiger partial charge in [0.1, 0.15) is 0 Å². The fourth-order valence-corrected chi connectivity index (χ4v) is 5.80. The summed E-state index contributed by atoms with van der Waals surface area (Å²) in [6, 6.07) is 19.1. The van der Waals surface area contributed by atoms with E-state index >= 15 is 0 Å².